The van der Waals surface area contributed by atoms with Crippen LogP contribution < -0.4 is 10.1 Å². The smallest absolute Gasteiger partial charge is 0.263 e. The SMILES string of the molecule is Cc1cccc(NC(=O)COc2ccc(F)c(Cl)c2)n1. The van der Waals surface area contributed by atoms with Gasteiger partial charge in [-0.2, -0.15) is 0 Å². The third-order valence-electron chi connectivity index (χ3n) is 2.42. The van der Waals surface area contributed by atoms with Gasteiger partial charge < -0.3 is 10.1 Å². The van der Waals surface area contributed by atoms with E-state index in [-0.39, 0.29) is 17.5 Å². The predicted molar refractivity (Wildman–Crippen MR) is 74.5 cm³/mol. The molecule has 0 radical (unpaired) electrons. The van der Waals surface area contributed by atoms with Crippen molar-refractivity contribution in [3.63, 3.8) is 0 Å². The number of halogens is 2. The van der Waals surface area contributed by atoms with Crippen molar-refractivity contribution >= 4 is 23.3 Å². The van der Waals surface area contributed by atoms with Gasteiger partial charge in [0.25, 0.3) is 5.91 Å². The van der Waals surface area contributed by atoms with E-state index in [1.165, 1.54) is 18.2 Å². The van der Waals surface area contributed by atoms with Crippen molar-refractivity contribution in [1.29, 1.82) is 0 Å². The fourth-order valence-corrected chi connectivity index (χ4v) is 1.68. The number of hydrogen-bond donors (Lipinski definition) is 1. The number of nitrogens with one attached hydrogen (secondary N) is 1. The number of carbonyl (C=O) groups is 1. The number of nitrogens with zero attached hydrogens (tertiary/aromatic N) is 1. The fourth-order valence-electron chi connectivity index (χ4n) is 1.51. The van der Waals surface area contributed by atoms with Crippen LogP contribution in [0.5, 0.6) is 5.75 Å². The van der Waals surface area contributed by atoms with Crippen molar-refractivity contribution in [3.05, 3.63) is 52.9 Å². The fraction of sp³-hybridized carbons (Fsp3) is 0.143. The highest BCUT2D eigenvalue weighted by Gasteiger charge is 2.06. The van der Waals surface area contributed by atoms with E-state index in [9.17, 15) is 9.18 Å². The molecule has 0 saturated carbocycles. The molecule has 0 bridgehead atoms. The average molecular weight is 295 g/mol. The van der Waals surface area contributed by atoms with Gasteiger partial charge in [0.2, 0.25) is 0 Å². The van der Waals surface area contributed by atoms with Gasteiger partial charge in [-0.05, 0) is 31.2 Å². The van der Waals surface area contributed by atoms with Crippen LogP contribution in [0, 0.1) is 12.7 Å². The summed E-state index contributed by atoms with van der Waals surface area (Å²) in [5, 5.41) is 2.54. The lowest BCUT2D eigenvalue weighted by atomic mass is 10.3. The van der Waals surface area contributed by atoms with Gasteiger partial charge in [0.05, 0.1) is 5.02 Å². The van der Waals surface area contributed by atoms with Crippen LogP contribution in [0.2, 0.25) is 5.02 Å². The first-order valence-corrected chi connectivity index (χ1v) is 6.24. The number of rotatable bonds is 4. The van der Waals surface area contributed by atoms with Gasteiger partial charge >= 0.3 is 0 Å². The second-order valence-corrected chi connectivity index (χ2v) is 4.48. The molecule has 1 amide bonds. The van der Waals surface area contributed by atoms with Crippen LogP contribution in [-0.2, 0) is 4.79 Å². The molecule has 0 fully saturated rings. The van der Waals surface area contributed by atoms with Gasteiger partial charge in [0.15, 0.2) is 6.61 Å². The van der Waals surface area contributed by atoms with Gasteiger partial charge in [-0.1, -0.05) is 17.7 Å². The molecular weight excluding hydrogens is 283 g/mol. The zero-order valence-corrected chi connectivity index (χ0v) is 11.4. The Morgan fingerprint density at radius 2 is 2.20 bits per heavy atom. The normalized spacial score (nSPS) is 10.2. The highest BCUT2D eigenvalue weighted by atomic mass is 35.5. The van der Waals surface area contributed by atoms with Crippen molar-refractivity contribution in [2.24, 2.45) is 0 Å². The minimum absolute atomic E-state index is 0.0525. The summed E-state index contributed by atoms with van der Waals surface area (Å²) in [6.45, 7) is 1.62. The van der Waals surface area contributed by atoms with E-state index in [0.717, 1.165) is 5.69 Å². The molecule has 0 aliphatic carbocycles. The van der Waals surface area contributed by atoms with Gasteiger partial charge in [0, 0.05) is 11.8 Å². The largest absolute Gasteiger partial charge is 0.484 e. The first-order chi connectivity index (χ1) is 9.54. The number of anilines is 1. The number of carbonyl (C=O) groups excluding carboxylic acids is 1. The Hall–Kier alpha value is -2.14. The molecule has 1 aromatic carbocycles. The van der Waals surface area contributed by atoms with Gasteiger partial charge in [0.1, 0.15) is 17.4 Å². The Morgan fingerprint density at radius 1 is 1.40 bits per heavy atom. The van der Waals surface area contributed by atoms with E-state index >= 15 is 0 Å². The Labute approximate surface area is 120 Å². The summed E-state index contributed by atoms with van der Waals surface area (Å²) in [6, 6.07) is 9.19. The summed E-state index contributed by atoms with van der Waals surface area (Å²) in [6.07, 6.45) is 0. The quantitative estimate of drug-likeness (QED) is 0.942. The van der Waals surface area contributed by atoms with Gasteiger partial charge in [-0.3, -0.25) is 4.79 Å². The number of aryl methyl sites for hydroxylation is 1. The predicted octanol–water partition coefficient (Wildman–Crippen LogP) is 3.20. The average Bonchev–Trinajstić information content (AvgIpc) is 2.40. The molecule has 1 aromatic heterocycles. The number of benzene rings is 1. The molecule has 20 heavy (non-hydrogen) atoms. The van der Waals surface area contributed by atoms with Gasteiger partial charge in [-0.25, -0.2) is 9.37 Å². The number of pyridine rings is 1. The van der Waals surface area contributed by atoms with E-state index in [1.807, 2.05) is 13.0 Å². The molecule has 4 nitrogen and oxygen atoms in total. The van der Waals surface area contributed by atoms with Crippen molar-refractivity contribution < 1.29 is 13.9 Å². The first-order valence-electron chi connectivity index (χ1n) is 5.86. The van der Waals surface area contributed by atoms with Crippen LogP contribution in [0.25, 0.3) is 0 Å². The lowest BCUT2D eigenvalue weighted by molar-refractivity contribution is -0.118. The summed E-state index contributed by atoms with van der Waals surface area (Å²) in [4.78, 5) is 15.8. The van der Waals surface area contributed by atoms with E-state index in [4.69, 9.17) is 16.3 Å². The molecule has 1 N–H and O–H groups in total. The third kappa shape index (κ3) is 3.93. The van der Waals surface area contributed by atoms with E-state index in [1.54, 1.807) is 12.1 Å². The van der Waals surface area contributed by atoms with E-state index in [2.05, 4.69) is 10.3 Å². The van der Waals surface area contributed by atoms with Crippen LogP contribution in [0.4, 0.5) is 10.2 Å². The molecule has 0 atom stereocenters. The Balaban J connectivity index is 1.90. The number of hydrogen-bond acceptors (Lipinski definition) is 3. The van der Waals surface area contributed by atoms with Crippen LogP contribution >= 0.6 is 11.6 Å². The molecule has 0 saturated heterocycles. The topological polar surface area (TPSA) is 51.2 Å². The third-order valence-corrected chi connectivity index (χ3v) is 2.71. The molecule has 0 aliphatic rings. The van der Waals surface area contributed by atoms with Crippen LogP contribution in [-0.4, -0.2) is 17.5 Å². The Bertz CT molecular complexity index is 634. The van der Waals surface area contributed by atoms with E-state index < -0.39 is 5.82 Å². The lowest BCUT2D eigenvalue weighted by Gasteiger charge is -2.07. The monoisotopic (exact) mass is 294 g/mol. The standard InChI is InChI=1S/C14H12ClFN2O2/c1-9-3-2-4-13(17-9)18-14(19)8-20-10-5-6-12(16)11(15)7-10/h2-7H,8H2,1H3,(H,17,18,19). The van der Waals surface area contributed by atoms with Crippen molar-refractivity contribution in [3.8, 4) is 5.75 Å². The maximum Gasteiger partial charge on any atom is 0.263 e. The molecule has 104 valence electrons. The molecule has 0 aliphatic heterocycles. The van der Waals surface area contributed by atoms with Crippen LogP contribution in [0.3, 0.4) is 0 Å². The van der Waals surface area contributed by atoms with E-state index in [0.29, 0.717) is 11.6 Å². The Morgan fingerprint density at radius 3 is 2.90 bits per heavy atom. The van der Waals surface area contributed by atoms with Crippen molar-refractivity contribution in [1.82, 2.24) is 4.98 Å². The van der Waals surface area contributed by atoms with Crippen LogP contribution in [0.1, 0.15) is 5.69 Å². The molecule has 2 rings (SSSR count). The highest BCUT2D eigenvalue weighted by molar-refractivity contribution is 6.30. The summed E-state index contributed by atoms with van der Waals surface area (Å²) < 4.78 is 18.2. The molecule has 1 heterocycles. The Kier molecular flexibility index (Phi) is 4.53. The maximum absolute atomic E-state index is 12.9. The zero-order chi connectivity index (χ0) is 14.5. The van der Waals surface area contributed by atoms with Gasteiger partial charge in [-0.15, -0.1) is 0 Å². The second-order valence-electron chi connectivity index (χ2n) is 4.08. The summed E-state index contributed by atoms with van der Waals surface area (Å²) in [5.74, 6) is -0.115. The number of aromatic nitrogens is 1. The highest BCUT2D eigenvalue weighted by Crippen LogP contribution is 2.20. The minimum atomic E-state index is -0.535. The number of amides is 1. The molecule has 2 aromatic rings. The summed E-state index contributed by atoms with van der Waals surface area (Å²) >= 11 is 5.61. The number of ether oxygens (including phenoxy) is 1. The van der Waals surface area contributed by atoms with Crippen molar-refractivity contribution in [2.45, 2.75) is 6.92 Å². The molecular formula is C14H12ClFN2O2. The first kappa shape index (κ1) is 14.3. The van der Waals surface area contributed by atoms with Crippen molar-refractivity contribution in [2.75, 3.05) is 11.9 Å². The minimum Gasteiger partial charge on any atom is -0.484 e. The maximum atomic E-state index is 12.9. The van der Waals surface area contributed by atoms with Crippen LogP contribution in [0.15, 0.2) is 36.4 Å². The molecule has 0 unspecified atom stereocenters. The second kappa shape index (κ2) is 6.34. The molecule has 6 heteroatoms. The summed E-state index contributed by atoms with van der Waals surface area (Å²) in [5.41, 5.74) is 0.800. The zero-order valence-electron chi connectivity index (χ0n) is 10.7. The lowest BCUT2D eigenvalue weighted by Crippen LogP contribution is -2.20. The molecule has 0 spiro atoms. The summed E-state index contributed by atoms with van der Waals surface area (Å²) in [7, 11) is 0.